The summed E-state index contributed by atoms with van der Waals surface area (Å²) in [5.74, 6) is 0.775. The Bertz CT molecular complexity index is 421. The first-order valence-corrected chi connectivity index (χ1v) is 7.63. The molecule has 6 nitrogen and oxygen atoms in total. The Kier molecular flexibility index (Phi) is 7.32. The zero-order valence-electron chi connectivity index (χ0n) is 12.4. The number of ether oxygens (including phenoxy) is 1. The van der Waals surface area contributed by atoms with Crippen molar-refractivity contribution < 1.29 is 9.53 Å². The molecule has 0 aliphatic carbocycles. The van der Waals surface area contributed by atoms with Gasteiger partial charge in [0.1, 0.15) is 10.7 Å². The van der Waals surface area contributed by atoms with Crippen LogP contribution in [0.1, 0.15) is 36.4 Å². The monoisotopic (exact) mass is 300 g/mol. The minimum atomic E-state index is -0.149. The van der Waals surface area contributed by atoms with Crippen LogP contribution in [-0.2, 0) is 4.74 Å². The van der Waals surface area contributed by atoms with E-state index in [4.69, 9.17) is 10.5 Å². The van der Waals surface area contributed by atoms with E-state index in [0.29, 0.717) is 35.6 Å². The van der Waals surface area contributed by atoms with Gasteiger partial charge in [0.25, 0.3) is 5.91 Å². The fourth-order valence-corrected chi connectivity index (χ4v) is 2.45. The van der Waals surface area contributed by atoms with Gasteiger partial charge in [-0.3, -0.25) is 4.79 Å². The number of nitrogens with one attached hydrogen (secondary N) is 2. The standard InChI is InChI=1S/C13H24N4O2S/c1-9(2)5-4-6-15-12(18)10-11(14)17-13(20-10)16-7-8-19-3/h9H,4-8,14H2,1-3H3,(H,15,18)(H,16,17). The molecule has 0 spiro atoms. The Balaban J connectivity index is 2.43. The molecule has 1 heterocycles. The van der Waals surface area contributed by atoms with Gasteiger partial charge < -0.3 is 21.1 Å². The highest BCUT2D eigenvalue weighted by molar-refractivity contribution is 7.18. The highest BCUT2D eigenvalue weighted by Crippen LogP contribution is 2.24. The molecule has 0 radical (unpaired) electrons. The molecule has 0 aliphatic rings. The van der Waals surface area contributed by atoms with Crippen LogP contribution in [0.3, 0.4) is 0 Å². The van der Waals surface area contributed by atoms with Crippen LogP contribution in [0.4, 0.5) is 10.9 Å². The Morgan fingerprint density at radius 1 is 1.45 bits per heavy atom. The van der Waals surface area contributed by atoms with Gasteiger partial charge in [-0.05, 0) is 18.8 Å². The van der Waals surface area contributed by atoms with Gasteiger partial charge in [0.2, 0.25) is 0 Å². The zero-order chi connectivity index (χ0) is 15.0. The van der Waals surface area contributed by atoms with Gasteiger partial charge in [-0.25, -0.2) is 4.98 Å². The fourth-order valence-electron chi connectivity index (χ4n) is 1.62. The average molecular weight is 300 g/mol. The van der Waals surface area contributed by atoms with E-state index < -0.39 is 0 Å². The SMILES string of the molecule is COCCNc1nc(N)c(C(=O)NCCCC(C)C)s1. The van der Waals surface area contributed by atoms with Gasteiger partial charge in [-0.1, -0.05) is 25.2 Å². The maximum atomic E-state index is 12.0. The third-order valence-electron chi connectivity index (χ3n) is 2.69. The smallest absolute Gasteiger partial charge is 0.265 e. The van der Waals surface area contributed by atoms with E-state index in [1.807, 2.05) is 0 Å². The summed E-state index contributed by atoms with van der Waals surface area (Å²) in [6, 6.07) is 0. The molecule has 0 atom stereocenters. The molecule has 114 valence electrons. The summed E-state index contributed by atoms with van der Waals surface area (Å²) in [6.45, 7) is 6.22. The van der Waals surface area contributed by atoms with Gasteiger partial charge in [-0.15, -0.1) is 0 Å². The zero-order valence-corrected chi connectivity index (χ0v) is 13.2. The number of carbonyl (C=O) groups excluding carboxylic acids is 1. The van der Waals surface area contributed by atoms with Crippen LogP contribution in [-0.4, -0.2) is 37.7 Å². The molecule has 1 rings (SSSR count). The van der Waals surface area contributed by atoms with E-state index >= 15 is 0 Å². The molecular formula is C13H24N4O2S. The average Bonchev–Trinajstić information content (AvgIpc) is 2.76. The Hall–Kier alpha value is -1.34. The first-order valence-electron chi connectivity index (χ1n) is 6.82. The number of amides is 1. The molecule has 0 bridgehead atoms. The Labute approximate surface area is 124 Å². The van der Waals surface area contributed by atoms with Crippen molar-refractivity contribution in [1.29, 1.82) is 0 Å². The van der Waals surface area contributed by atoms with E-state index in [1.165, 1.54) is 11.3 Å². The summed E-state index contributed by atoms with van der Waals surface area (Å²) in [6.07, 6.45) is 2.07. The van der Waals surface area contributed by atoms with Crippen LogP contribution in [0.25, 0.3) is 0 Å². The largest absolute Gasteiger partial charge is 0.383 e. The van der Waals surface area contributed by atoms with Gasteiger partial charge in [0.15, 0.2) is 5.13 Å². The number of methoxy groups -OCH3 is 1. The molecule has 0 saturated heterocycles. The number of carbonyl (C=O) groups is 1. The minimum Gasteiger partial charge on any atom is -0.383 e. The molecule has 0 saturated carbocycles. The van der Waals surface area contributed by atoms with Crippen LogP contribution >= 0.6 is 11.3 Å². The van der Waals surface area contributed by atoms with Gasteiger partial charge in [0.05, 0.1) is 6.61 Å². The van der Waals surface area contributed by atoms with E-state index in [9.17, 15) is 4.79 Å². The van der Waals surface area contributed by atoms with Gasteiger partial charge in [-0.2, -0.15) is 0 Å². The molecule has 20 heavy (non-hydrogen) atoms. The lowest BCUT2D eigenvalue weighted by Gasteiger charge is -2.05. The van der Waals surface area contributed by atoms with E-state index in [1.54, 1.807) is 7.11 Å². The van der Waals surface area contributed by atoms with Crippen molar-refractivity contribution in [3.05, 3.63) is 4.88 Å². The lowest BCUT2D eigenvalue weighted by molar-refractivity contribution is 0.0957. The first-order chi connectivity index (χ1) is 9.54. The van der Waals surface area contributed by atoms with Crippen LogP contribution in [0.15, 0.2) is 0 Å². The normalized spacial score (nSPS) is 10.8. The van der Waals surface area contributed by atoms with E-state index in [-0.39, 0.29) is 11.7 Å². The summed E-state index contributed by atoms with van der Waals surface area (Å²) >= 11 is 1.27. The number of hydrogen-bond donors (Lipinski definition) is 3. The van der Waals surface area contributed by atoms with Gasteiger partial charge in [0, 0.05) is 20.2 Å². The molecule has 4 N–H and O–H groups in total. The third kappa shape index (κ3) is 5.75. The molecule has 1 amide bonds. The highest BCUT2D eigenvalue weighted by Gasteiger charge is 2.15. The van der Waals surface area contributed by atoms with Crippen LogP contribution < -0.4 is 16.4 Å². The molecule has 0 unspecified atom stereocenters. The Morgan fingerprint density at radius 2 is 2.20 bits per heavy atom. The van der Waals surface area contributed by atoms with E-state index in [2.05, 4.69) is 29.5 Å². The lowest BCUT2D eigenvalue weighted by atomic mass is 10.1. The van der Waals surface area contributed by atoms with Crippen molar-refractivity contribution in [1.82, 2.24) is 10.3 Å². The van der Waals surface area contributed by atoms with Crippen LogP contribution in [0, 0.1) is 5.92 Å². The second-order valence-electron chi connectivity index (χ2n) is 4.94. The number of nitrogens with zero attached hydrogens (tertiary/aromatic N) is 1. The number of thiazole rings is 1. The van der Waals surface area contributed by atoms with Crippen LogP contribution in [0.2, 0.25) is 0 Å². The number of nitrogen functional groups attached to an aromatic ring is 1. The molecule has 0 fully saturated rings. The van der Waals surface area contributed by atoms with Crippen molar-refractivity contribution in [2.24, 2.45) is 5.92 Å². The molecule has 0 aromatic carbocycles. The van der Waals surface area contributed by atoms with Crippen molar-refractivity contribution in [3.63, 3.8) is 0 Å². The summed E-state index contributed by atoms with van der Waals surface area (Å²) in [5, 5.41) is 6.59. The van der Waals surface area contributed by atoms with Crippen molar-refractivity contribution in [2.75, 3.05) is 37.9 Å². The first kappa shape index (κ1) is 16.7. The Morgan fingerprint density at radius 3 is 2.85 bits per heavy atom. The maximum Gasteiger partial charge on any atom is 0.265 e. The predicted molar refractivity (Wildman–Crippen MR) is 83.3 cm³/mol. The number of rotatable bonds is 9. The number of anilines is 2. The van der Waals surface area contributed by atoms with Crippen molar-refractivity contribution in [2.45, 2.75) is 26.7 Å². The van der Waals surface area contributed by atoms with Crippen LogP contribution in [0.5, 0.6) is 0 Å². The third-order valence-corrected chi connectivity index (χ3v) is 3.71. The second-order valence-corrected chi connectivity index (χ2v) is 5.94. The van der Waals surface area contributed by atoms with Gasteiger partial charge >= 0.3 is 0 Å². The summed E-state index contributed by atoms with van der Waals surface area (Å²) in [7, 11) is 1.63. The summed E-state index contributed by atoms with van der Waals surface area (Å²) in [5.41, 5.74) is 5.77. The highest BCUT2D eigenvalue weighted by atomic mass is 32.1. The van der Waals surface area contributed by atoms with E-state index in [0.717, 1.165) is 12.8 Å². The molecule has 7 heteroatoms. The maximum absolute atomic E-state index is 12.0. The summed E-state index contributed by atoms with van der Waals surface area (Å²) < 4.78 is 4.94. The molecule has 1 aromatic heterocycles. The topological polar surface area (TPSA) is 89.3 Å². The molecular weight excluding hydrogens is 276 g/mol. The molecule has 0 aliphatic heterocycles. The second kappa shape index (κ2) is 8.76. The lowest BCUT2D eigenvalue weighted by Crippen LogP contribution is -2.24. The van der Waals surface area contributed by atoms with Crippen molar-refractivity contribution >= 4 is 28.2 Å². The quantitative estimate of drug-likeness (QED) is 0.607. The predicted octanol–water partition coefficient (Wildman–Crippen LogP) is 1.95. The molecule has 1 aromatic rings. The minimum absolute atomic E-state index is 0.149. The number of aromatic nitrogens is 1. The fraction of sp³-hybridized carbons (Fsp3) is 0.692. The summed E-state index contributed by atoms with van der Waals surface area (Å²) in [4.78, 5) is 16.6. The number of hydrogen-bond acceptors (Lipinski definition) is 6. The van der Waals surface area contributed by atoms with Crippen molar-refractivity contribution in [3.8, 4) is 0 Å². The number of nitrogens with two attached hydrogens (primary N) is 1.